The van der Waals surface area contributed by atoms with Crippen molar-refractivity contribution in [3.05, 3.63) is 38.4 Å². The summed E-state index contributed by atoms with van der Waals surface area (Å²) < 4.78 is 0. The average Bonchev–Trinajstić information content (AvgIpc) is 3.35. The van der Waals surface area contributed by atoms with E-state index in [1.807, 2.05) is 22.4 Å². The zero-order chi connectivity index (χ0) is 19.5. The minimum absolute atomic E-state index is 0.0712. The number of hydrogen-bond acceptors (Lipinski definition) is 6. The standard InChI is InChI=1S/C20H22N4O2S2/c21-12-15-14-4-1-2-5-16(14)28-19(15)22-18(25)13-23-7-9-24(10-8-23)20(26)17-6-3-11-27-17/h3,6,11H,1-2,4-5,7-10,13H2,(H,22,25). The van der Waals surface area contributed by atoms with Crippen LogP contribution in [0.1, 0.15) is 38.5 Å². The first kappa shape index (κ1) is 19.1. The third-order valence-corrected chi connectivity index (χ3v) is 7.36. The molecule has 2 aromatic heterocycles. The van der Waals surface area contributed by atoms with Crippen molar-refractivity contribution in [1.82, 2.24) is 9.80 Å². The molecule has 0 aromatic carbocycles. The summed E-state index contributed by atoms with van der Waals surface area (Å²) in [7, 11) is 0. The van der Waals surface area contributed by atoms with E-state index in [1.165, 1.54) is 16.2 Å². The van der Waals surface area contributed by atoms with Crippen LogP contribution in [0, 0.1) is 11.3 Å². The summed E-state index contributed by atoms with van der Waals surface area (Å²) in [6.45, 7) is 2.89. The summed E-state index contributed by atoms with van der Waals surface area (Å²) in [4.78, 5) is 30.9. The molecule has 2 amide bonds. The van der Waals surface area contributed by atoms with Crippen molar-refractivity contribution in [2.24, 2.45) is 0 Å². The molecule has 4 rings (SSSR count). The summed E-state index contributed by atoms with van der Waals surface area (Å²) >= 11 is 3.01. The normalized spacial score (nSPS) is 17.0. The summed E-state index contributed by atoms with van der Waals surface area (Å²) in [6, 6.07) is 6.02. The second-order valence-electron chi connectivity index (χ2n) is 7.12. The molecular weight excluding hydrogens is 392 g/mol. The zero-order valence-corrected chi connectivity index (χ0v) is 17.2. The molecule has 1 aliphatic carbocycles. The van der Waals surface area contributed by atoms with Crippen molar-refractivity contribution in [1.29, 1.82) is 5.26 Å². The molecule has 2 aliphatic rings. The Bertz CT molecular complexity index is 906. The molecule has 1 fully saturated rings. The van der Waals surface area contributed by atoms with Crippen molar-refractivity contribution >= 4 is 39.5 Å². The number of thiophene rings is 2. The number of carbonyl (C=O) groups excluding carboxylic acids is 2. The van der Waals surface area contributed by atoms with Gasteiger partial charge in [-0.2, -0.15) is 5.26 Å². The third kappa shape index (κ3) is 3.97. The van der Waals surface area contributed by atoms with E-state index < -0.39 is 0 Å². The van der Waals surface area contributed by atoms with Gasteiger partial charge in [-0.3, -0.25) is 14.5 Å². The van der Waals surface area contributed by atoms with Crippen LogP contribution in [-0.2, 0) is 17.6 Å². The largest absolute Gasteiger partial charge is 0.335 e. The van der Waals surface area contributed by atoms with Gasteiger partial charge in [0.1, 0.15) is 11.1 Å². The summed E-state index contributed by atoms with van der Waals surface area (Å²) in [6.07, 6.45) is 4.20. The van der Waals surface area contributed by atoms with E-state index in [0.717, 1.165) is 36.1 Å². The Balaban J connectivity index is 1.31. The first-order valence-electron chi connectivity index (χ1n) is 9.55. The maximum atomic E-state index is 12.5. The van der Waals surface area contributed by atoms with E-state index >= 15 is 0 Å². The van der Waals surface area contributed by atoms with Gasteiger partial charge < -0.3 is 10.2 Å². The molecule has 6 nitrogen and oxygen atoms in total. The number of aryl methyl sites for hydroxylation is 1. The van der Waals surface area contributed by atoms with Crippen LogP contribution in [0.15, 0.2) is 17.5 Å². The molecule has 0 bridgehead atoms. The van der Waals surface area contributed by atoms with Gasteiger partial charge in [0.05, 0.1) is 17.0 Å². The second-order valence-corrected chi connectivity index (χ2v) is 9.17. The van der Waals surface area contributed by atoms with Crippen LogP contribution >= 0.6 is 22.7 Å². The van der Waals surface area contributed by atoms with Crippen molar-refractivity contribution < 1.29 is 9.59 Å². The monoisotopic (exact) mass is 414 g/mol. The fourth-order valence-electron chi connectivity index (χ4n) is 3.81. The number of amides is 2. The molecule has 0 atom stereocenters. The van der Waals surface area contributed by atoms with Crippen LogP contribution < -0.4 is 5.32 Å². The van der Waals surface area contributed by atoms with E-state index in [4.69, 9.17) is 0 Å². The number of fused-ring (bicyclic) bond motifs is 1. The highest BCUT2D eigenvalue weighted by atomic mass is 32.1. The topological polar surface area (TPSA) is 76.4 Å². The Labute approximate surface area is 172 Å². The molecule has 0 radical (unpaired) electrons. The lowest BCUT2D eigenvalue weighted by atomic mass is 9.96. The molecular formula is C20H22N4O2S2. The predicted octanol–water partition coefficient (Wildman–Crippen LogP) is 2.96. The minimum Gasteiger partial charge on any atom is -0.335 e. The zero-order valence-electron chi connectivity index (χ0n) is 15.6. The number of nitrogens with one attached hydrogen (secondary N) is 1. The van der Waals surface area contributed by atoms with Gasteiger partial charge in [-0.15, -0.1) is 22.7 Å². The third-order valence-electron chi connectivity index (χ3n) is 5.29. The predicted molar refractivity (Wildman–Crippen MR) is 111 cm³/mol. The smallest absolute Gasteiger partial charge is 0.264 e. The maximum absolute atomic E-state index is 12.5. The lowest BCUT2D eigenvalue weighted by Crippen LogP contribution is -2.50. The number of rotatable bonds is 4. The average molecular weight is 415 g/mol. The molecule has 0 unspecified atom stereocenters. The van der Waals surface area contributed by atoms with Gasteiger partial charge >= 0.3 is 0 Å². The Hall–Kier alpha value is -2.21. The van der Waals surface area contributed by atoms with E-state index in [0.29, 0.717) is 36.7 Å². The quantitative estimate of drug-likeness (QED) is 0.835. The minimum atomic E-state index is -0.0897. The van der Waals surface area contributed by atoms with Crippen LogP contribution in [0.5, 0.6) is 0 Å². The van der Waals surface area contributed by atoms with E-state index in [9.17, 15) is 14.9 Å². The van der Waals surface area contributed by atoms with Crippen molar-refractivity contribution in [2.45, 2.75) is 25.7 Å². The van der Waals surface area contributed by atoms with Crippen molar-refractivity contribution in [3.63, 3.8) is 0 Å². The van der Waals surface area contributed by atoms with Crippen LogP contribution in [0.25, 0.3) is 0 Å². The van der Waals surface area contributed by atoms with Gasteiger partial charge in [0.2, 0.25) is 5.91 Å². The van der Waals surface area contributed by atoms with Crippen molar-refractivity contribution in [3.8, 4) is 6.07 Å². The van der Waals surface area contributed by atoms with Gasteiger partial charge in [0.15, 0.2) is 0 Å². The molecule has 1 N–H and O–H groups in total. The number of nitrogens with zero attached hydrogens (tertiary/aromatic N) is 3. The molecule has 1 aliphatic heterocycles. The van der Waals surface area contributed by atoms with Gasteiger partial charge in [0.25, 0.3) is 5.91 Å². The fourth-order valence-corrected chi connectivity index (χ4v) is 5.75. The number of anilines is 1. The Morgan fingerprint density at radius 2 is 1.96 bits per heavy atom. The molecule has 0 spiro atoms. The highest BCUT2D eigenvalue weighted by Crippen LogP contribution is 2.37. The van der Waals surface area contributed by atoms with Crippen LogP contribution in [-0.4, -0.2) is 54.3 Å². The summed E-state index contributed by atoms with van der Waals surface area (Å²) in [5, 5.41) is 15.1. The Morgan fingerprint density at radius 3 is 2.68 bits per heavy atom. The summed E-state index contributed by atoms with van der Waals surface area (Å²) in [5.74, 6) is -0.0185. The lowest BCUT2D eigenvalue weighted by molar-refractivity contribution is -0.117. The number of hydrogen-bond donors (Lipinski definition) is 1. The van der Waals surface area contributed by atoms with E-state index in [-0.39, 0.29) is 18.4 Å². The maximum Gasteiger partial charge on any atom is 0.264 e. The number of nitriles is 1. The van der Waals surface area contributed by atoms with E-state index in [2.05, 4.69) is 16.3 Å². The van der Waals surface area contributed by atoms with Gasteiger partial charge in [0, 0.05) is 31.1 Å². The van der Waals surface area contributed by atoms with Crippen LogP contribution in [0.2, 0.25) is 0 Å². The van der Waals surface area contributed by atoms with Gasteiger partial charge in [-0.25, -0.2) is 0 Å². The Morgan fingerprint density at radius 1 is 1.18 bits per heavy atom. The lowest BCUT2D eigenvalue weighted by Gasteiger charge is -2.34. The molecule has 3 heterocycles. The molecule has 0 saturated carbocycles. The molecule has 8 heteroatoms. The van der Waals surface area contributed by atoms with Crippen LogP contribution in [0.3, 0.4) is 0 Å². The second kappa shape index (κ2) is 8.43. The summed E-state index contributed by atoms with van der Waals surface area (Å²) in [5.41, 5.74) is 1.79. The first-order valence-corrected chi connectivity index (χ1v) is 11.2. The fraction of sp³-hybridized carbons (Fsp3) is 0.450. The number of carbonyl (C=O) groups is 2. The molecule has 2 aromatic rings. The SMILES string of the molecule is N#Cc1c(NC(=O)CN2CCN(C(=O)c3cccs3)CC2)sc2c1CCCC2. The van der Waals surface area contributed by atoms with Gasteiger partial charge in [-0.1, -0.05) is 6.07 Å². The first-order chi connectivity index (χ1) is 13.7. The van der Waals surface area contributed by atoms with Crippen molar-refractivity contribution in [2.75, 3.05) is 38.0 Å². The molecule has 28 heavy (non-hydrogen) atoms. The Kier molecular flexibility index (Phi) is 5.76. The molecule has 146 valence electrons. The molecule has 1 saturated heterocycles. The number of piperazine rings is 1. The van der Waals surface area contributed by atoms with E-state index in [1.54, 1.807) is 11.3 Å². The highest BCUT2D eigenvalue weighted by molar-refractivity contribution is 7.16. The van der Waals surface area contributed by atoms with Crippen LogP contribution in [0.4, 0.5) is 5.00 Å². The van der Waals surface area contributed by atoms with Gasteiger partial charge in [-0.05, 0) is 42.7 Å². The highest BCUT2D eigenvalue weighted by Gasteiger charge is 2.25.